The van der Waals surface area contributed by atoms with E-state index in [9.17, 15) is 9.59 Å². The number of hydrogen-bond donors (Lipinski definition) is 1. The van der Waals surface area contributed by atoms with E-state index >= 15 is 0 Å². The van der Waals surface area contributed by atoms with Gasteiger partial charge >= 0.3 is 0 Å². The normalized spacial score (nSPS) is 10.9. The van der Waals surface area contributed by atoms with Gasteiger partial charge in [-0.3, -0.25) is 9.59 Å². The van der Waals surface area contributed by atoms with Crippen molar-refractivity contribution < 1.29 is 18.7 Å². The van der Waals surface area contributed by atoms with Crippen LogP contribution in [0.4, 0.5) is 5.69 Å². The fourth-order valence-corrected chi connectivity index (χ4v) is 3.37. The number of carbonyl (C=O) groups is 1. The third kappa shape index (κ3) is 3.37. The second-order valence-electron chi connectivity index (χ2n) is 7.10. The van der Waals surface area contributed by atoms with Crippen LogP contribution in [0.3, 0.4) is 0 Å². The number of nitrogens with one attached hydrogen (secondary N) is 1. The second-order valence-corrected chi connectivity index (χ2v) is 7.10. The summed E-state index contributed by atoms with van der Waals surface area (Å²) < 4.78 is 16.4. The number of amides is 1. The molecule has 0 aliphatic carbocycles. The molecule has 1 amide bonds. The maximum Gasteiger partial charge on any atom is 0.255 e. The van der Waals surface area contributed by atoms with Crippen LogP contribution in [0.1, 0.15) is 21.5 Å². The minimum absolute atomic E-state index is 0.0906. The van der Waals surface area contributed by atoms with E-state index in [2.05, 4.69) is 5.32 Å². The third-order valence-corrected chi connectivity index (χ3v) is 5.19. The average molecular weight is 403 g/mol. The first-order valence-corrected chi connectivity index (χ1v) is 9.42. The number of ether oxygens (including phenoxy) is 2. The van der Waals surface area contributed by atoms with E-state index in [-0.39, 0.29) is 11.3 Å². The van der Waals surface area contributed by atoms with Gasteiger partial charge in [0.2, 0.25) is 5.43 Å². The molecule has 152 valence electrons. The predicted octanol–water partition coefficient (Wildman–Crippen LogP) is 4.83. The fraction of sp³-hybridized carbons (Fsp3) is 0.167. The number of aryl methyl sites for hydroxylation is 2. The molecule has 6 heteroatoms. The van der Waals surface area contributed by atoms with E-state index in [1.54, 1.807) is 36.4 Å². The lowest BCUT2D eigenvalue weighted by atomic mass is 10.1. The van der Waals surface area contributed by atoms with Crippen molar-refractivity contribution >= 4 is 33.5 Å². The van der Waals surface area contributed by atoms with Crippen LogP contribution >= 0.6 is 0 Å². The van der Waals surface area contributed by atoms with E-state index in [1.165, 1.54) is 14.2 Å². The molecular formula is C24H21NO5. The molecule has 6 nitrogen and oxygen atoms in total. The predicted molar refractivity (Wildman–Crippen MR) is 117 cm³/mol. The summed E-state index contributed by atoms with van der Waals surface area (Å²) in [6.07, 6.45) is 0. The molecule has 1 N–H and O–H groups in total. The van der Waals surface area contributed by atoms with Crippen LogP contribution in [0.5, 0.6) is 11.5 Å². The van der Waals surface area contributed by atoms with E-state index in [1.807, 2.05) is 26.0 Å². The molecule has 4 aromatic rings. The van der Waals surface area contributed by atoms with Gasteiger partial charge in [-0.15, -0.1) is 0 Å². The lowest BCUT2D eigenvalue weighted by Gasteiger charge is -2.10. The molecule has 3 aromatic carbocycles. The van der Waals surface area contributed by atoms with Gasteiger partial charge in [0, 0.05) is 17.3 Å². The lowest BCUT2D eigenvalue weighted by molar-refractivity contribution is 0.102. The molecule has 0 unspecified atom stereocenters. The Morgan fingerprint density at radius 2 is 1.53 bits per heavy atom. The summed E-state index contributed by atoms with van der Waals surface area (Å²) in [6.45, 7) is 3.93. The number of benzene rings is 3. The Morgan fingerprint density at radius 1 is 0.833 bits per heavy atom. The van der Waals surface area contributed by atoms with Crippen molar-refractivity contribution in [2.75, 3.05) is 19.5 Å². The summed E-state index contributed by atoms with van der Waals surface area (Å²) in [7, 11) is 3.05. The zero-order valence-electron chi connectivity index (χ0n) is 17.2. The largest absolute Gasteiger partial charge is 0.493 e. The molecule has 4 rings (SSSR count). The molecule has 0 bridgehead atoms. The molecular weight excluding hydrogens is 382 g/mol. The smallest absolute Gasteiger partial charge is 0.255 e. The molecule has 1 aromatic heterocycles. The van der Waals surface area contributed by atoms with Crippen LogP contribution in [0.2, 0.25) is 0 Å². The van der Waals surface area contributed by atoms with E-state index in [0.29, 0.717) is 44.7 Å². The monoisotopic (exact) mass is 403 g/mol. The Hall–Kier alpha value is -3.80. The summed E-state index contributed by atoms with van der Waals surface area (Å²) in [6, 6.07) is 13.6. The fourth-order valence-electron chi connectivity index (χ4n) is 3.37. The minimum Gasteiger partial charge on any atom is -0.493 e. The molecule has 0 radical (unpaired) electrons. The Labute approximate surface area is 173 Å². The Balaban J connectivity index is 1.71. The van der Waals surface area contributed by atoms with Crippen molar-refractivity contribution in [3.63, 3.8) is 0 Å². The highest BCUT2D eigenvalue weighted by atomic mass is 16.5. The third-order valence-electron chi connectivity index (χ3n) is 5.19. The van der Waals surface area contributed by atoms with Crippen LogP contribution in [0, 0.1) is 13.8 Å². The molecule has 0 saturated heterocycles. The van der Waals surface area contributed by atoms with Crippen molar-refractivity contribution in [1.29, 1.82) is 0 Å². The van der Waals surface area contributed by atoms with Gasteiger partial charge in [0.25, 0.3) is 5.91 Å². The van der Waals surface area contributed by atoms with Crippen LogP contribution in [0.25, 0.3) is 21.9 Å². The topological polar surface area (TPSA) is 77.8 Å². The number of methoxy groups -OCH3 is 2. The minimum atomic E-state index is -0.315. The SMILES string of the molecule is COc1ccc(C(=O)Nc2ccc3c(=O)c4cc(C)c(C)cc4oc3c2)cc1OC. The molecule has 0 atom stereocenters. The lowest BCUT2D eigenvalue weighted by Crippen LogP contribution is -2.12. The van der Waals surface area contributed by atoms with Crippen molar-refractivity contribution in [2.24, 2.45) is 0 Å². The molecule has 30 heavy (non-hydrogen) atoms. The first-order valence-electron chi connectivity index (χ1n) is 9.42. The van der Waals surface area contributed by atoms with Crippen LogP contribution in [0.15, 0.2) is 57.7 Å². The van der Waals surface area contributed by atoms with Gasteiger partial charge in [0.1, 0.15) is 11.2 Å². The highest BCUT2D eigenvalue weighted by molar-refractivity contribution is 6.05. The van der Waals surface area contributed by atoms with E-state index < -0.39 is 0 Å². The van der Waals surface area contributed by atoms with Crippen molar-refractivity contribution in [1.82, 2.24) is 0 Å². The second kappa shape index (κ2) is 7.55. The molecule has 1 heterocycles. The zero-order chi connectivity index (χ0) is 21.4. The number of hydrogen-bond acceptors (Lipinski definition) is 5. The Bertz CT molecular complexity index is 1350. The van der Waals surface area contributed by atoms with Gasteiger partial charge < -0.3 is 19.2 Å². The summed E-state index contributed by atoms with van der Waals surface area (Å²) >= 11 is 0. The van der Waals surface area contributed by atoms with Gasteiger partial charge in [0.05, 0.1) is 25.0 Å². The Morgan fingerprint density at radius 3 is 2.27 bits per heavy atom. The number of carbonyl (C=O) groups excluding carboxylic acids is 1. The first-order chi connectivity index (χ1) is 14.4. The van der Waals surface area contributed by atoms with Gasteiger partial charge in [-0.1, -0.05) is 0 Å². The molecule has 0 aliphatic rings. The van der Waals surface area contributed by atoms with Crippen LogP contribution < -0.4 is 20.2 Å². The number of fused-ring (bicyclic) bond motifs is 2. The quantitative estimate of drug-likeness (QED) is 0.494. The van der Waals surface area contributed by atoms with Crippen molar-refractivity contribution in [3.8, 4) is 11.5 Å². The summed E-state index contributed by atoms with van der Waals surface area (Å²) in [5.74, 6) is 0.690. The molecule has 0 saturated carbocycles. The Kier molecular flexibility index (Phi) is 4.91. The molecule has 0 aliphatic heterocycles. The van der Waals surface area contributed by atoms with E-state index in [4.69, 9.17) is 13.9 Å². The highest BCUT2D eigenvalue weighted by Gasteiger charge is 2.13. The zero-order valence-corrected chi connectivity index (χ0v) is 17.2. The number of rotatable bonds is 4. The van der Waals surface area contributed by atoms with Crippen LogP contribution in [-0.2, 0) is 0 Å². The van der Waals surface area contributed by atoms with Crippen LogP contribution in [-0.4, -0.2) is 20.1 Å². The number of anilines is 1. The highest BCUT2D eigenvalue weighted by Crippen LogP contribution is 2.28. The van der Waals surface area contributed by atoms with E-state index in [0.717, 1.165) is 11.1 Å². The summed E-state index contributed by atoms with van der Waals surface area (Å²) in [4.78, 5) is 25.5. The summed E-state index contributed by atoms with van der Waals surface area (Å²) in [5.41, 5.74) is 3.87. The van der Waals surface area contributed by atoms with Crippen molar-refractivity contribution in [3.05, 3.63) is 75.4 Å². The first kappa shape index (κ1) is 19.5. The average Bonchev–Trinajstić information content (AvgIpc) is 2.74. The van der Waals surface area contributed by atoms with Gasteiger partial charge in [-0.2, -0.15) is 0 Å². The molecule has 0 spiro atoms. The maximum atomic E-state index is 12.9. The molecule has 0 fully saturated rings. The van der Waals surface area contributed by atoms with Gasteiger partial charge in [0.15, 0.2) is 11.5 Å². The van der Waals surface area contributed by atoms with Gasteiger partial charge in [-0.25, -0.2) is 0 Å². The van der Waals surface area contributed by atoms with Crippen molar-refractivity contribution in [2.45, 2.75) is 13.8 Å². The standard InChI is InChI=1S/C24H21NO5/c1-13-9-18-20(10-14(13)2)30-21-12-16(6-7-17(21)23(18)26)25-24(27)15-5-8-19(28-3)22(11-15)29-4/h5-12H,1-4H3,(H,25,27). The maximum absolute atomic E-state index is 12.9. The summed E-state index contributed by atoms with van der Waals surface area (Å²) in [5, 5.41) is 3.85. The van der Waals surface area contributed by atoms with Gasteiger partial charge in [-0.05, 0) is 67.4 Å².